The van der Waals surface area contributed by atoms with E-state index in [1.54, 1.807) is 0 Å². The topological polar surface area (TPSA) is 20.2 Å². The summed E-state index contributed by atoms with van der Waals surface area (Å²) in [6.45, 7) is 4.39. The van der Waals surface area contributed by atoms with Gasteiger partial charge in [-0.3, -0.25) is 0 Å². The van der Waals surface area contributed by atoms with E-state index in [4.69, 9.17) is 0 Å². The van der Waals surface area contributed by atoms with Crippen LogP contribution in [0.2, 0.25) is 0 Å². The molecule has 1 unspecified atom stereocenters. The molecule has 0 amide bonds. The highest BCUT2D eigenvalue weighted by molar-refractivity contribution is 5.21. The SMILES string of the molecule is CC1(C)CCCC(O)(Cc2cc(F)ccc2F)CC1. The molecule has 3 heteroatoms. The van der Waals surface area contributed by atoms with Gasteiger partial charge in [-0.1, -0.05) is 20.3 Å². The van der Waals surface area contributed by atoms with Crippen molar-refractivity contribution in [3.8, 4) is 0 Å². The van der Waals surface area contributed by atoms with Gasteiger partial charge in [0.25, 0.3) is 0 Å². The van der Waals surface area contributed by atoms with E-state index in [9.17, 15) is 13.9 Å². The summed E-state index contributed by atoms with van der Waals surface area (Å²) in [5.74, 6) is -0.882. The van der Waals surface area contributed by atoms with E-state index in [1.807, 2.05) is 0 Å². The van der Waals surface area contributed by atoms with Crippen LogP contribution in [0.1, 0.15) is 51.5 Å². The van der Waals surface area contributed by atoms with E-state index in [0.29, 0.717) is 12.8 Å². The van der Waals surface area contributed by atoms with Crippen molar-refractivity contribution in [2.24, 2.45) is 5.41 Å². The smallest absolute Gasteiger partial charge is 0.126 e. The van der Waals surface area contributed by atoms with Crippen LogP contribution < -0.4 is 0 Å². The molecule has 1 aromatic rings. The van der Waals surface area contributed by atoms with E-state index in [2.05, 4.69) is 13.8 Å². The highest BCUT2D eigenvalue weighted by Gasteiger charge is 2.34. The highest BCUT2D eigenvalue weighted by atomic mass is 19.1. The Balaban J connectivity index is 2.14. The second-order valence-electron chi connectivity index (χ2n) is 6.65. The van der Waals surface area contributed by atoms with Crippen LogP contribution in [0.25, 0.3) is 0 Å². The van der Waals surface area contributed by atoms with Gasteiger partial charge in [-0.25, -0.2) is 8.78 Å². The molecular weight excluding hydrogens is 246 g/mol. The third-order valence-corrected chi connectivity index (χ3v) is 4.29. The van der Waals surface area contributed by atoms with E-state index >= 15 is 0 Å². The van der Waals surface area contributed by atoms with Crippen molar-refractivity contribution in [2.45, 2.75) is 58.0 Å². The van der Waals surface area contributed by atoms with Crippen LogP contribution >= 0.6 is 0 Å². The Morgan fingerprint density at radius 2 is 1.84 bits per heavy atom. The molecule has 19 heavy (non-hydrogen) atoms. The first-order valence-corrected chi connectivity index (χ1v) is 6.96. The van der Waals surface area contributed by atoms with Gasteiger partial charge in [0.05, 0.1) is 5.60 Å². The minimum atomic E-state index is -0.900. The summed E-state index contributed by atoms with van der Waals surface area (Å²) in [5.41, 5.74) is -0.393. The third-order valence-electron chi connectivity index (χ3n) is 4.29. The minimum Gasteiger partial charge on any atom is -0.390 e. The fourth-order valence-electron chi connectivity index (χ4n) is 2.93. The summed E-state index contributed by atoms with van der Waals surface area (Å²) < 4.78 is 26.9. The van der Waals surface area contributed by atoms with Crippen LogP contribution in [-0.4, -0.2) is 10.7 Å². The molecule has 1 nitrogen and oxygen atoms in total. The average molecular weight is 268 g/mol. The summed E-state index contributed by atoms with van der Waals surface area (Å²) in [5, 5.41) is 10.7. The Kier molecular flexibility index (Phi) is 3.95. The molecule has 0 spiro atoms. The van der Waals surface area contributed by atoms with E-state index in [-0.39, 0.29) is 17.4 Å². The largest absolute Gasteiger partial charge is 0.390 e. The summed E-state index contributed by atoms with van der Waals surface area (Å²) in [6, 6.07) is 3.44. The quantitative estimate of drug-likeness (QED) is 0.796. The fourth-order valence-corrected chi connectivity index (χ4v) is 2.93. The van der Waals surface area contributed by atoms with Crippen molar-refractivity contribution in [1.29, 1.82) is 0 Å². The Labute approximate surface area is 113 Å². The van der Waals surface area contributed by atoms with Gasteiger partial charge in [0.2, 0.25) is 0 Å². The van der Waals surface area contributed by atoms with E-state index in [1.165, 1.54) is 6.07 Å². The average Bonchev–Trinajstić information content (AvgIpc) is 2.44. The van der Waals surface area contributed by atoms with Gasteiger partial charge in [0, 0.05) is 6.42 Å². The number of hydrogen-bond donors (Lipinski definition) is 1. The fraction of sp³-hybridized carbons (Fsp3) is 0.625. The molecule has 1 aliphatic carbocycles. The second kappa shape index (κ2) is 5.20. The number of benzene rings is 1. The number of halogens is 2. The number of hydrogen-bond acceptors (Lipinski definition) is 1. The maximum absolute atomic E-state index is 13.7. The van der Waals surface area contributed by atoms with Gasteiger partial charge >= 0.3 is 0 Å². The van der Waals surface area contributed by atoms with Crippen LogP contribution in [0.3, 0.4) is 0 Å². The van der Waals surface area contributed by atoms with Gasteiger partial charge in [-0.15, -0.1) is 0 Å². The maximum atomic E-state index is 13.7. The van der Waals surface area contributed by atoms with Gasteiger partial charge < -0.3 is 5.11 Å². The molecule has 0 aliphatic heterocycles. The van der Waals surface area contributed by atoms with Crippen molar-refractivity contribution < 1.29 is 13.9 Å². The molecule has 1 saturated carbocycles. The first-order chi connectivity index (χ1) is 8.80. The van der Waals surface area contributed by atoms with Crippen LogP contribution in [-0.2, 0) is 6.42 Å². The molecule has 0 heterocycles. The van der Waals surface area contributed by atoms with Gasteiger partial charge in [0.15, 0.2) is 0 Å². The van der Waals surface area contributed by atoms with Gasteiger partial charge in [0.1, 0.15) is 11.6 Å². The van der Waals surface area contributed by atoms with Crippen molar-refractivity contribution in [3.05, 3.63) is 35.4 Å². The lowest BCUT2D eigenvalue weighted by Crippen LogP contribution is -2.31. The minimum absolute atomic E-state index is 0.201. The molecule has 106 valence electrons. The number of rotatable bonds is 2. The zero-order valence-electron chi connectivity index (χ0n) is 11.7. The molecule has 1 N–H and O–H groups in total. The highest BCUT2D eigenvalue weighted by Crippen LogP contribution is 2.39. The number of aliphatic hydroxyl groups is 1. The Morgan fingerprint density at radius 1 is 1.11 bits per heavy atom. The van der Waals surface area contributed by atoms with Gasteiger partial charge in [-0.2, -0.15) is 0 Å². The summed E-state index contributed by atoms with van der Waals surface area (Å²) in [7, 11) is 0. The van der Waals surface area contributed by atoms with Crippen LogP contribution in [0.4, 0.5) is 8.78 Å². The Bertz CT molecular complexity index is 456. The van der Waals surface area contributed by atoms with Crippen LogP contribution in [0, 0.1) is 17.0 Å². The summed E-state index contributed by atoms with van der Waals surface area (Å²) >= 11 is 0. The van der Waals surface area contributed by atoms with Crippen molar-refractivity contribution in [2.75, 3.05) is 0 Å². The zero-order chi connectivity index (χ0) is 14.1. The first kappa shape index (κ1) is 14.4. The standard InChI is InChI=1S/C16H22F2O/c1-15(2)6-3-7-16(19,9-8-15)11-12-10-13(17)4-5-14(12)18/h4-5,10,19H,3,6-9,11H2,1-2H3. The molecule has 1 fully saturated rings. The molecule has 0 radical (unpaired) electrons. The molecule has 1 aromatic carbocycles. The van der Waals surface area contributed by atoms with E-state index < -0.39 is 17.2 Å². The maximum Gasteiger partial charge on any atom is 0.126 e. The predicted octanol–water partition coefficient (Wildman–Crippen LogP) is 4.23. The van der Waals surface area contributed by atoms with Gasteiger partial charge in [-0.05, 0) is 54.9 Å². The molecule has 1 atom stereocenters. The molecule has 1 aliphatic rings. The van der Waals surface area contributed by atoms with Crippen LogP contribution in [0.5, 0.6) is 0 Å². The lowest BCUT2D eigenvalue weighted by Gasteiger charge is -2.28. The normalized spacial score (nSPS) is 27.0. The predicted molar refractivity (Wildman–Crippen MR) is 71.9 cm³/mol. The first-order valence-electron chi connectivity index (χ1n) is 6.96. The Hall–Kier alpha value is -0.960. The third kappa shape index (κ3) is 3.75. The lowest BCUT2D eigenvalue weighted by molar-refractivity contribution is 0.0218. The van der Waals surface area contributed by atoms with E-state index in [0.717, 1.165) is 31.4 Å². The molecule has 0 bridgehead atoms. The molecule has 2 rings (SSSR count). The van der Waals surface area contributed by atoms with Crippen molar-refractivity contribution in [3.63, 3.8) is 0 Å². The molecule has 0 aromatic heterocycles. The van der Waals surface area contributed by atoms with Crippen molar-refractivity contribution >= 4 is 0 Å². The summed E-state index contributed by atoms with van der Waals surface area (Å²) in [4.78, 5) is 0. The van der Waals surface area contributed by atoms with Crippen molar-refractivity contribution in [1.82, 2.24) is 0 Å². The lowest BCUT2D eigenvalue weighted by atomic mass is 9.83. The Morgan fingerprint density at radius 3 is 2.58 bits per heavy atom. The molecule has 0 saturated heterocycles. The van der Waals surface area contributed by atoms with Crippen LogP contribution in [0.15, 0.2) is 18.2 Å². The monoisotopic (exact) mass is 268 g/mol. The zero-order valence-corrected chi connectivity index (χ0v) is 11.7. The second-order valence-corrected chi connectivity index (χ2v) is 6.65. The molecular formula is C16H22F2O. The summed E-state index contributed by atoms with van der Waals surface area (Å²) in [6.07, 6.45) is 4.43.